The molecule has 1 aliphatic heterocycles. The number of methoxy groups -OCH3 is 2. The van der Waals surface area contributed by atoms with Gasteiger partial charge in [0.05, 0.1) is 14.2 Å². The van der Waals surface area contributed by atoms with E-state index in [0.717, 1.165) is 29.0 Å². The maximum absolute atomic E-state index is 11.9. The summed E-state index contributed by atoms with van der Waals surface area (Å²) >= 11 is 0. The number of carbonyl (C=O) groups is 1. The van der Waals surface area contributed by atoms with Gasteiger partial charge in [0.1, 0.15) is 11.3 Å². The summed E-state index contributed by atoms with van der Waals surface area (Å²) in [4.78, 5) is 16.1. The number of guanidine groups is 1. The van der Waals surface area contributed by atoms with E-state index in [9.17, 15) is 4.79 Å². The molecule has 0 atom stereocenters. The number of benzene rings is 2. The van der Waals surface area contributed by atoms with Gasteiger partial charge in [-0.15, -0.1) is 24.0 Å². The lowest BCUT2D eigenvalue weighted by Crippen LogP contribution is -2.37. The Bertz CT molecular complexity index is 904. The van der Waals surface area contributed by atoms with Crippen molar-refractivity contribution in [1.82, 2.24) is 10.6 Å². The Hall–Kier alpha value is -2.69. The van der Waals surface area contributed by atoms with E-state index in [1.807, 2.05) is 24.3 Å². The molecule has 0 spiro atoms. The molecule has 1 aliphatic rings. The van der Waals surface area contributed by atoms with E-state index < -0.39 is 5.97 Å². The number of halogens is 1. The quantitative estimate of drug-likeness (QED) is 0.248. The van der Waals surface area contributed by atoms with Crippen molar-refractivity contribution in [3.05, 3.63) is 53.1 Å². The monoisotopic (exact) mass is 527 g/mol. The summed E-state index contributed by atoms with van der Waals surface area (Å²) in [5.74, 6) is 2.28. The molecule has 0 bridgehead atoms. The average molecular weight is 527 g/mol. The minimum absolute atomic E-state index is 0. The fraction of sp³-hybridized carbons (Fsp3) is 0.333. The Morgan fingerprint density at radius 2 is 1.83 bits per heavy atom. The summed E-state index contributed by atoms with van der Waals surface area (Å²) in [5, 5.41) is 6.51. The van der Waals surface area contributed by atoms with Crippen molar-refractivity contribution in [3.63, 3.8) is 0 Å². The molecule has 0 unspecified atom stereocenters. The van der Waals surface area contributed by atoms with Crippen LogP contribution in [0.5, 0.6) is 17.2 Å². The molecule has 0 aliphatic carbocycles. The fourth-order valence-electron chi connectivity index (χ4n) is 2.96. The van der Waals surface area contributed by atoms with Crippen molar-refractivity contribution in [2.24, 2.45) is 4.99 Å². The second-order valence-corrected chi connectivity index (χ2v) is 6.32. The van der Waals surface area contributed by atoms with E-state index in [2.05, 4.69) is 15.6 Å². The van der Waals surface area contributed by atoms with Gasteiger partial charge in [-0.25, -0.2) is 4.79 Å². The van der Waals surface area contributed by atoms with Gasteiger partial charge in [-0.2, -0.15) is 0 Å². The summed E-state index contributed by atoms with van der Waals surface area (Å²) in [6.45, 7) is 1.48. The van der Waals surface area contributed by atoms with Crippen LogP contribution in [0.3, 0.4) is 0 Å². The first kappa shape index (κ1) is 23.6. The number of hydrogen-bond donors (Lipinski definition) is 2. The number of hydrogen-bond acceptors (Lipinski definition) is 6. The number of ether oxygens (including phenoxy) is 4. The SMILES string of the molecule is CN=C(NCCc1ccc2c(c1)OCO2)NCc1ccc(OC)c(C(=O)OC)c1.I. The summed E-state index contributed by atoms with van der Waals surface area (Å²) in [6, 6.07) is 11.3. The molecule has 0 saturated heterocycles. The number of carbonyl (C=O) groups excluding carboxylic acids is 1. The largest absolute Gasteiger partial charge is 0.496 e. The van der Waals surface area contributed by atoms with E-state index in [1.54, 1.807) is 19.2 Å². The van der Waals surface area contributed by atoms with E-state index in [1.165, 1.54) is 14.2 Å². The molecule has 9 heteroatoms. The lowest BCUT2D eigenvalue weighted by molar-refractivity contribution is 0.0597. The van der Waals surface area contributed by atoms with Crippen LogP contribution in [-0.4, -0.2) is 46.5 Å². The van der Waals surface area contributed by atoms with Crippen LogP contribution in [0.4, 0.5) is 0 Å². The number of fused-ring (bicyclic) bond motifs is 1. The van der Waals surface area contributed by atoms with Crippen molar-refractivity contribution >= 4 is 35.9 Å². The summed E-state index contributed by atoms with van der Waals surface area (Å²) < 4.78 is 20.8. The Morgan fingerprint density at radius 1 is 1.07 bits per heavy atom. The van der Waals surface area contributed by atoms with Gasteiger partial charge in [0.15, 0.2) is 17.5 Å². The van der Waals surface area contributed by atoms with Crippen LogP contribution >= 0.6 is 24.0 Å². The zero-order valence-corrected chi connectivity index (χ0v) is 19.5. The van der Waals surface area contributed by atoms with Crippen LogP contribution in [0.1, 0.15) is 21.5 Å². The first-order chi connectivity index (χ1) is 14.1. The number of nitrogens with zero attached hydrogens (tertiary/aromatic N) is 1. The second-order valence-electron chi connectivity index (χ2n) is 6.32. The van der Waals surface area contributed by atoms with E-state index in [4.69, 9.17) is 18.9 Å². The molecule has 2 aromatic carbocycles. The molecule has 0 amide bonds. The molecule has 162 valence electrons. The van der Waals surface area contributed by atoms with Crippen molar-refractivity contribution in [3.8, 4) is 17.2 Å². The number of rotatable bonds is 7. The van der Waals surface area contributed by atoms with E-state index in [0.29, 0.717) is 30.4 Å². The molecule has 2 N–H and O–H groups in total. The molecule has 0 aromatic heterocycles. The normalized spacial score (nSPS) is 12.0. The third-order valence-electron chi connectivity index (χ3n) is 4.50. The average Bonchev–Trinajstić information content (AvgIpc) is 3.23. The fourth-order valence-corrected chi connectivity index (χ4v) is 2.96. The first-order valence-electron chi connectivity index (χ1n) is 9.23. The maximum Gasteiger partial charge on any atom is 0.341 e. The van der Waals surface area contributed by atoms with Gasteiger partial charge in [0.25, 0.3) is 0 Å². The molecule has 30 heavy (non-hydrogen) atoms. The lowest BCUT2D eigenvalue weighted by Gasteiger charge is -2.13. The Labute approximate surface area is 193 Å². The molecule has 0 radical (unpaired) electrons. The predicted molar refractivity (Wildman–Crippen MR) is 124 cm³/mol. The highest BCUT2D eigenvalue weighted by atomic mass is 127. The summed E-state index contributed by atoms with van der Waals surface area (Å²) in [5.41, 5.74) is 2.44. The van der Waals surface area contributed by atoms with Gasteiger partial charge < -0.3 is 29.6 Å². The Balaban J connectivity index is 0.00000320. The lowest BCUT2D eigenvalue weighted by atomic mass is 10.1. The summed E-state index contributed by atoms with van der Waals surface area (Å²) in [7, 11) is 4.58. The summed E-state index contributed by atoms with van der Waals surface area (Å²) in [6.07, 6.45) is 0.812. The number of esters is 1. The van der Waals surface area contributed by atoms with Crippen LogP contribution in [0.2, 0.25) is 0 Å². The van der Waals surface area contributed by atoms with Crippen molar-refractivity contribution in [2.75, 3.05) is 34.6 Å². The van der Waals surface area contributed by atoms with E-state index in [-0.39, 0.29) is 30.8 Å². The Morgan fingerprint density at radius 3 is 2.57 bits per heavy atom. The molecule has 8 nitrogen and oxygen atoms in total. The van der Waals surface area contributed by atoms with E-state index >= 15 is 0 Å². The third kappa shape index (κ3) is 5.91. The van der Waals surface area contributed by atoms with Gasteiger partial charge >= 0.3 is 5.97 Å². The number of nitrogens with one attached hydrogen (secondary N) is 2. The molecular weight excluding hydrogens is 501 g/mol. The number of aliphatic imine (C=N–C) groups is 1. The maximum atomic E-state index is 11.9. The highest BCUT2D eigenvalue weighted by Crippen LogP contribution is 2.32. The van der Waals surface area contributed by atoms with Crippen molar-refractivity contribution in [2.45, 2.75) is 13.0 Å². The van der Waals surface area contributed by atoms with Gasteiger partial charge in [0, 0.05) is 20.1 Å². The first-order valence-corrected chi connectivity index (χ1v) is 9.23. The van der Waals surface area contributed by atoms with Gasteiger partial charge in [-0.05, 0) is 41.8 Å². The van der Waals surface area contributed by atoms with Crippen LogP contribution in [0.25, 0.3) is 0 Å². The van der Waals surface area contributed by atoms with Gasteiger partial charge in [0.2, 0.25) is 6.79 Å². The van der Waals surface area contributed by atoms with Crippen LogP contribution in [0, 0.1) is 0 Å². The molecule has 2 aromatic rings. The van der Waals surface area contributed by atoms with Crippen LogP contribution in [0.15, 0.2) is 41.4 Å². The minimum atomic E-state index is -0.435. The molecule has 0 saturated carbocycles. The van der Waals surface area contributed by atoms with Crippen molar-refractivity contribution in [1.29, 1.82) is 0 Å². The van der Waals surface area contributed by atoms with Crippen LogP contribution < -0.4 is 24.8 Å². The second kappa shape index (κ2) is 11.5. The Kier molecular flexibility index (Phi) is 9.03. The van der Waals surface area contributed by atoms with Crippen molar-refractivity contribution < 1.29 is 23.7 Å². The smallest absolute Gasteiger partial charge is 0.341 e. The third-order valence-corrected chi connectivity index (χ3v) is 4.50. The molecule has 3 rings (SSSR count). The molecule has 0 fully saturated rings. The zero-order chi connectivity index (χ0) is 20.6. The minimum Gasteiger partial charge on any atom is -0.496 e. The van der Waals surface area contributed by atoms with Crippen LogP contribution in [-0.2, 0) is 17.7 Å². The van der Waals surface area contributed by atoms with Gasteiger partial charge in [-0.3, -0.25) is 4.99 Å². The highest BCUT2D eigenvalue weighted by Gasteiger charge is 2.14. The topological polar surface area (TPSA) is 90.4 Å². The molecular formula is C21H26IN3O5. The standard InChI is InChI=1S/C21H25N3O5.HI/c1-22-21(23-9-8-14-4-7-18-19(11-14)29-13-28-18)24-12-15-5-6-17(26-2)16(10-15)20(25)27-3;/h4-7,10-11H,8-9,12-13H2,1-3H3,(H2,22,23,24);1H. The highest BCUT2D eigenvalue weighted by molar-refractivity contribution is 14.0. The van der Waals surface area contributed by atoms with Gasteiger partial charge in [-0.1, -0.05) is 12.1 Å². The molecule has 1 heterocycles. The predicted octanol–water partition coefficient (Wildman–Crippen LogP) is 2.74. The zero-order valence-electron chi connectivity index (χ0n) is 17.2.